The van der Waals surface area contributed by atoms with Gasteiger partial charge in [-0.1, -0.05) is 6.92 Å². The van der Waals surface area contributed by atoms with Crippen LogP contribution in [-0.4, -0.2) is 58.4 Å². The minimum atomic E-state index is -0.0243. The number of amides is 1. The van der Waals surface area contributed by atoms with Gasteiger partial charge in [-0.2, -0.15) is 0 Å². The molecule has 7 heteroatoms. The maximum atomic E-state index is 12.5. The molecule has 1 amide bonds. The molecule has 2 aliphatic rings. The molecule has 0 spiro atoms. The zero-order valence-corrected chi connectivity index (χ0v) is 13.8. The number of likely N-dealkylation sites (N-methyl/N-ethyl adjacent to an activating group) is 1. The summed E-state index contributed by atoms with van der Waals surface area (Å²) in [5, 5.41) is 0. The van der Waals surface area contributed by atoms with Crippen molar-refractivity contribution in [3.8, 4) is 0 Å². The normalized spacial score (nSPS) is 18.3. The van der Waals surface area contributed by atoms with Crippen LogP contribution in [0.25, 0.3) is 0 Å². The summed E-state index contributed by atoms with van der Waals surface area (Å²) in [7, 11) is 0. The Bertz CT molecular complexity index is 723. The summed E-state index contributed by atoms with van der Waals surface area (Å²) in [4.78, 5) is 27.9. The van der Waals surface area contributed by atoms with Crippen LogP contribution in [0.3, 0.4) is 0 Å². The Balaban J connectivity index is 1.48. The Morgan fingerprint density at radius 2 is 2.08 bits per heavy atom. The van der Waals surface area contributed by atoms with Gasteiger partial charge in [-0.05, 0) is 18.7 Å². The van der Waals surface area contributed by atoms with Gasteiger partial charge >= 0.3 is 0 Å². The predicted octanol–water partition coefficient (Wildman–Crippen LogP) is 1.37. The molecule has 2 aromatic rings. The van der Waals surface area contributed by atoms with Crippen LogP contribution >= 0.6 is 0 Å². The van der Waals surface area contributed by atoms with Gasteiger partial charge in [0, 0.05) is 32.4 Å². The predicted molar refractivity (Wildman–Crippen MR) is 88.6 cm³/mol. The molecule has 24 heavy (non-hydrogen) atoms. The Morgan fingerprint density at radius 3 is 2.79 bits per heavy atom. The van der Waals surface area contributed by atoms with Crippen LogP contribution < -0.4 is 4.90 Å². The number of furan rings is 1. The number of carbonyl (C=O) groups excluding carboxylic acids is 1. The lowest BCUT2D eigenvalue weighted by Gasteiger charge is -2.34. The van der Waals surface area contributed by atoms with Crippen molar-refractivity contribution in [2.24, 2.45) is 0 Å². The van der Waals surface area contributed by atoms with Crippen molar-refractivity contribution in [1.29, 1.82) is 0 Å². The van der Waals surface area contributed by atoms with Crippen molar-refractivity contribution < 1.29 is 9.21 Å². The number of nitrogens with zero attached hydrogens (tertiary/aromatic N) is 5. The summed E-state index contributed by atoms with van der Waals surface area (Å²) < 4.78 is 5.34. The molecule has 4 heterocycles. The van der Waals surface area contributed by atoms with Crippen molar-refractivity contribution in [2.75, 3.05) is 37.6 Å². The van der Waals surface area contributed by atoms with Gasteiger partial charge in [0.15, 0.2) is 0 Å². The van der Waals surface area contributed by atoms with Crippen LogP contribution in [0.1, 0.15) is 28.7 Å². The lowest BCUT2D eigenvalue weighted by molar-refractivity contribution is 0.0754. The molecule has 0 aliphatic carbocycles. The number of rotatable bonds is 4. The average Bonchev–Trinajstić information content (AvgIpc) is 3.24. The molecule has 1 saturated heterocycles. The molecule has 0 N–H and O–H groups in total. The SMILES string of the molecule is CCN1CCN(c2ncc3c(n2)CN(Cc2ccco2)C3=O)CC1. The third-order valence-corrected chi connectivity index (χ3v) is 4.74. The molecule has 126 valence electrons. The third-order valence-electron chi connectivity index (χ3n) is 4.74. The average molecular weight is 327 g/mol. The van der Waals surface area contributed by atoms with Crippen molar-refractivity contribution in [3.63, 3.8) is 0 Å². The smallest absolute Gasteiger partial charge is 0.258 e. The first-order chi connectivity index (χ1) is 11.7. The van der Waals surface area contributed by atoms with E-state index in [-0.39, 0.29) is 5.91 Å². The highest BCUT2D eigenvalue weighted by molar-refractivity contribution is 5.97. The van der Waals surface area contributed by atoms with Gasteiger partial charge in [-0.3, -0.25) is 4.79 Å². The van der Waals surface area contributed by atoms with Gasteiger partial charge in [0.05, 0.1) is 30.6 Å². The quantitative estimate of drug-likeness (QED) is 0.845. The Labute approximate surface area is 140 Å². The fourth-order valence-electron chi connectivity index (χ4n) is 3.26. The van der Waals surface area contributed by atoms with E-state index >= 15 is 0 Å². The van der Waals surface area contributed by atoms with Gasteiger partial charge < -0.3 is 19.1 Å². The van der Waals surface area contributed by atoms with Gasteiger partial charge in [0.2, 0.25) is 5.95 Å². The molecule has 1 fully saturated rings. The van der Waals surface area contributed by atoms with E-state index in [4.69, 9.17) is 4.42 Å². The molecule has 4 rings (SSSR count). The first-order valence-corrected chi connectivity index (χ1v) is 8.39. The molecule has 0 atom stereocenters. The highest BCUT2D eigenvalue weighted by Crippen LogP contribution is 2.24. The van der Waals surface area contributed by atoms with Crippen molar-refractivity contribution >= 4 is 11.9 Å². The first kappa shape index (κ1) is 15.1. The molecular weight excluding hydrogens is 306 g/mol. The molecular formula is C17H21N5O2. The lowest BCUT2D eigenvalue weighted by Crippen LogP contribution is -2.46. The third kappa shape index (κ3) is 2.75. The zero-order valence-electron chi connectivity index (χ0n) is 13.8. The van der Waals surface area contributed by atoms with Crippen LogP contribution in [0.2, 0.25) is 0 Å². The van der Waals surface area contributed by atoms with Crippen LogP contribution in [0.15, 0.2) is 29.0 Å². The molecule has 0 aromatic carbocycles. The Kier molecular flexibility index (Phi) is 3.93. The number of piperazine rings is 1. The van der Waals surface area contributed by atoms with Gasteiger partial charge in [-0.25, -0.2) is 9.97 Å². The number of hydrogen-bond acceptors (Lipinski definition) is 6. The van der Waals surface area contributed by atoms with Crippen LogP contribution in [0.5, 0.6) is 0 Å². The molecule has 0 saturated carbocycles. The highest BCUT2D eigenvalue weighted by atomic mass is 16.3. The monoisotopic (exact) mass is 327 g/mol. The maximum absolute atomic E-state index is 12.5. The summed E-state index contributed by atoms with van der Waals surface area (Å²) in [6, 6.07) is 3.71. The van der Waals surface area contributed by atoms with Crippen LogP contribution in [0, 0.1) is 0 Å². The summed E-state index contributed by atoms with van der Waals surface area (Å²) >= 11 is 0. The summed E-state index contributed by atoms with van der Waals surface area (Å²) in [5.74, 6) is 1.49. The van der Waals surface area contributed by atoms with E-state index in [0.29, 0.717) is 18.7 Å². The van der Waals surface area contributed by atoms with Crippen molar-refractivity contribution in [2.45, 2.75) is 20.0 Å². The number of aromatic nitrogens is 2. The van der Waals surface area contributed by atoms with E-state index < -0.39 is 0 Å². The van der Waals surface area contributed by atoms with E-state index in [2.05, 4.69) is 26.7 Å². The molecule has 2 aliphatic heterocycles. The minimum absolute atomic E-state index is 0.0243. The first-order valence-electron chi connectivity index (χ1n) is 8.39. The Hall–Kier alpha value is -2.41. The molecule has 0 bridgehead atoms. The van der Waals surface area contributed by atoms with Gasteiger partial charge in [0.1, 0.15) is 5.76 Å². The zero-order chi connectivity index (χ0) is 16.5. The topological polar surface area (TPSA) is 65.7 Å². The second kappa shape index (κ2) is 6.24. The number of anilines is 1. The second-order valence-corrected chi connectivity index (χ2v) is 6.19. The fourth-order valence-corrected chi connectivity index (χ4v) is 3.26. The number of fused-ring (bicyclic) bond motifs is 1. The van der Waals surface area contributed by atoms with Crippen LogP contribution in [-0.2, 0) is 13.1 Å². The second-order valence-electron chi connectivity index (χ2n) is 6.19. The van der Waals surface area contributed by atoms with E-state index in [9.17, 15) is 4.79 Å². The highest BCUT2D eigenvalue weighted by Gasteiger charge is 2.31. The lowest BCUT2D eigenvalue weighted by atomic mass is 10.2. The maximum Gasteiger partial charge on any atom is 0.258 e. The van der Waals surface area contributed by atoms with Crippen molar-refractivity contribution in [3.05, 3.63) is 41.6 Å². The van der Waals surface area contributed by atoms with Gasteiger partial charge in [-0.15, -0.1) is 0 Å². The summed E-state index contributed by atoms with van der Waals surface area (Å²) in [5.41, 5.74) is 1.42. The molecule has 0 unspecified atom stereocenters. The summed E-state index contributed by atoms with van der Waals surface area (Å²) in [6.07, 6.45) is 3.30. The largest absolute Gasteiger partial charge is 0.467 e. The molecule has 7 nitrogen and oxygen atoms in total. The fraction of sp³-hybridized carbons (Fsp3) is 0.471. The number of hydrogen-bond donors (Lipinski definition) is 0. The number of carbonyl (C=O) groups is 1. The Morgan fingerprint density at radius 1 is 1.25 bits per heavy atom. The van der Waals surface area contributed by atoms with Gasteiger partial charge in [0.25, 0.3) is 5.91 Å². The minimum Gasteiger partial charge on any atom is -0.467 e. The standard InChI is InChI=1S/C17H21N5O2/c1-2-20-5-7-21(8-6-20)17-18-10-14-15(19-17)12-22(16(14)23)11-13-4-3-9-24-13/h3-4,9-10H,2,5-8,11-12H2,1H3. The molecule has 0 radical (unpaired) electrons. The van der Waals surface area contributed by atoms with E-state index in [1.54, 1.807) is 17.4 Å². The van der Waals surface area contributed by atoms with E-state index in [1.807, 2.05) is 12.1 Å². The van der Waals surface area contributed by atoms with Crippen molar-refractivity contribution in [1.82, 2.24) is 19.8 Å². The van der Waals surface area contributed by atoms with E-state index in [1.165, 1.54) is 0 Å². The van der Waals surface area contributed by atoms with Crippen LogP contribution in [0.4, 0.5) is 5.95 Å². The van der Waals surface area contributed by atoms with E-state index in [0.717, 1.165) is 50.1 Å². The summed E-state index contributed by atoms with van der Waals surface area (Å²) in [6.45, 7) is 8.15. The molecule has 2 aromatic heterocycles.